The molecule has 0 spiro atoms. The second-order valence-corrected chi connectivity index (χ2v) is 6.33. The molecule has 5 nitrogen and oxygen atoms in total. The van der Waals surface area contributed by atoms with Crippen LogP contribution < -0.4 is 5.32 Å². The van der Waals surface area contributed by atoms with Crippen molar-refractivity contribution in [3.63, 3.8) is 0 Å². The number of hydrogen-bond donors (Lipinski definition) is 1. The fraction of sp³-hybridized carbons (Fsp3) is 0.300. The van der Waals surface area contributed by atoms with E-state index in [0.717, 1.165) is 22.3 Å². The third-order valence-electron chi connectivity index (χ3n) is 3.91. The Balaban J connectivity index is 2.20. The molecule has 5 heteroatoms. The Morgan fingerprint density at radius 3 is 2.08 bits per heavy atom. The van der Waals surface area contributed by atoms with Gasteiger partial charge < -0.3 is 5.32 Å². The maximum absolute atomic E-state index is 12.5. The zero-order chi connectivity index (χ0) is 18.6. The van der Waals surface area contributed by atoms with Crippen LogP contribution in [0.4, 0.5) is 11.4 Å². The van der Waals surface area contributed by atoms with Crippen LogP contribution in [0.2, 0.25) is 0 Å². The highest BCUT2D eigenvalue weighted by atomic mass is 16.2. The Labute approximate surface area is 148 Å². The minimum absolute atomic E-state index is 0.351. The molecule has 0 bridgehead atoms. The summed E-state index contributed by atoms with van der Waals surface area (Å²) in [6.45, 7) is 9.13. The van der Waals surface area contributed by atoms with Crippen LogP contribution in [0.1, 0.15) is 29.2 Å². The van der Waals surface area contributed by atoms with Crippen molar-refractivity contribution in [2.24, 2.45) is 10.2 Å². The third-order valence-corrected chi connectivity index (χ3v) is 3.91. The molecule has 1 amide bonds. The quantitative estimate of drug-likeness (QED) is 0.640. The first-order valence-corrected chi connectivity index (χ1v) is 8.14. The molecule has 0 aliphatic heterocycles. The SMILES string of the molecule is CC(=O)C(N=Nc1ccc(C)cc1C)C(=O)Nc1ccc(C)cc1C. The topological polar surface area (TPSA) is 70.9 Å². The molecule has 2 aromatic rings. The average Bonchev–Trinajstić information content (AvgIpc) is 2.52. The van der Waals surface area contributed by atoms with E-state index >= 15 is 0 Å². The molecule has 130 valence electrons. The summed E-state index contributed by atoms with van der Waals surface area (Å²) in [6, 6.07) is 10.3. The predicted octanol–water partition coefficient (Wildman–Crippen LogP) is 4.60. The Hall–Kier alpha value is -2.82. The Kier molecular flexibility index (Phi) is 5.80. The summed E-state index contributed by atoms with van der Waals surface area (Å²) >= 11 is 0. The number of carbonyl (C=O) groups excluding carboxylic acids is 2. The lowest BCUT2D eigenvalue weighted by molar-refractivity contribution is -0.126. The van der Waals surface area contributed by atoms with E-state index in [4.69, 9.17) is 0 Å². The van der Waals surface area contributed by atoms with Gasteiger partial charge in [0.25, 0.3) is 5.91 Å². The number of amides is 1. The van der Waals surface area contributed by atoms with Crippen molar-refractivity contribution in [1.82, 2.24) is 0 Å². The van der Waals surface area contributed by atoms with Crippen molar-refractivity contribution in [2.75, 3.05) is 5.32 Å². The number of aryl methyl sites for hydroxylation is 4. The van der Waals surface area contributed by atoms with Gasteiger partial charge in [-0.25, -0.2) is 0 Å². The van der Waals surface area contributed by atoms with Gasteiger partial charge in [-0.3, -0.25) is 9.59 Å². The van der Waals surface area contributed by atoms with Crippen LogP contribution in [0.15, 0.2) is 46.6 Å². The Morgan fingerprint density at radius 1 is 0.920 bits per heavy atom. The van der Waals surface area contributed by atoms with Gasteiger partial charge in [0.05, 0.1) is 5.69 Å². The number of Topliss-reactive ketones (excluding diaryl/α,β-unsaturated/α-hetero) is 1. The number of benzene rings is 2. The Bertz CT molecular complexity index is 841. The fourth-order valence-electron chi connectivity index (χ4n) is 2.51. The van der Waals surface area contributed by atoms with Crippen molar-refractivity contribution in [2.45, 2.75) is 40.7 Å². The number of rotatable bonds is 5. The minimum atomic E-state index is -1.17. The molecule has 2 aromatic carbocycles. The van der Waals surface area contributed by atoms with Crippen LogP contribution in [0, 0.1) is 27.7 Å². The molecule has 0 saturated heterocycles. The molecule has 0 aromatic heterocycles. The molecule has 0 heterocycles. The van der Waals surface area contributed by atoms with Crippen LogP contribution in [0.3, 0.4) is 0 Å². The zero-order valence-corrected chi connectivity index (χ0v) is 15.3. The normalized spacial score (nSPS) is 12.2. The number of nitrogens with one attached hydrogen (secondary N) is 1. The zero-order valence-electron chi connectivity index (χ0n) is 15.3. The fourth-order valence-corrected chi connectivity index (χ4v) is 2.51. The molecule has 0 fully saturated rings. The first kappa shape index (κ1) is 18.5. The van der Waals surface area contributed by atoms with E-state index < -0.39 is 11.9 Å². The van der Waals surface area contributed by atoms with Gasteiger partial charge in [-0.2, -0.15) is 10.2 Å². The summed E-state index contributed by atoms with van der Waals surface area (Å²) in [4.78, 5) is 24.3. The van der Waals surface area contributed by atoms with Gasteiger partial charge in [-0.1, -0.05) is 35.4 Å². The molecule has 0 saturated carbocycles. The molecular formula is C20H23N3O2. The Morgan fingerprint density at radius 2 is 1.52 bits per heavy atom. The highest BCUT2D eigenvalue weighted by Gasteiger charge is 2.23. The van der Waals surface area contributed by atoms with Crippen molar-refractivity contribution < 1.29 is 9.59 Å². The van der Waals surface area contributed by atoms with Crippen LogP contribution in [-0.2, 0) is 9.59 Å². The lowest BCUT2D eigenvalue weighted by Gasteiger charge is -2.12. The molecule has 1 atom stereocenters. The number of nitrogens with zero attached hydrogens (tertiary/aromatic N) is 2. The summed E-state index contributed by atoms with van der Waals surface area (Å²) in [5.74, 6) is -0.830. The highest BCUT2D eigenvalue weighted by molar-refractivity contribution is 6.10. The first-order chi connectivity index (χ1) is 11.8. The molecule has 2 rings (SSSR count). The van der Waals surface area contributed by atoms with Crippen molar-refractivity contribution >= 4 is 23.1 Å². The van der Waals surface area contributed by atoms with Gasteiger partial charge >= 0.3 is 0 Å². The third kappa shape index (κ3) is 4.83. The summed E-state index contributed by atoms with van der Waals surface area (Å²) in [7, 11) is 0. The minimum Gasteiger partial charge on any atom is -0.324 e. The smallest absolute Gasteiger partial charge is 0.258 e. The van der Waals surface area contributed by atoms with E-state index in [1.807, 2.05) is 64.1 Å². The monoisotopic (exact) mass is 337 g/mol. The number of carbonyl (C=O) groups is 2. The molecular weight excluding hydrogens is 314 g/mol. The van der Waals surface area contributed by atoms with Crippen LogP contribution >= 0.6 is 0 Å². The first-order valence-electron chi connectivity index (χ1n) is 8.14. The van der Waals surface area contributed by atoms with Crippen molar-refractivity contribution in [1.29, 1.82) is 0 Å². The van der Waals surface area contributed by atoms with Gasteiger partial charge in [0.15, 0.2) is 5.78 Å². The average molecular weight is 337 g/mol. The second-order valence-electron chi connectivity index (χ2n) is 6.33. The van der Waals surface area contributed by atoms with Crippen molar-refractivity contribution in [3.8, 4) is 0 Å². The van der Waals surface area contributed by atoms with Gasteiger partial charge in [-0.05, 0) is 57.9 Å². The second kappa shape index (κ2) is 7.83. The lowest BCUT2D eigenvalue weighted by Crippen LogP contribution is -2.32. The summed E-state index contributed by atoms with van der Waals surface area (Å²) in [5.41, 5.74) is 5.42. The molecule has 0 aliphatic carbocycles. The van der Waals surface area contributed by atoms with Crippen LogP contribution in [-0.4, -0.2) is 17.7 Å². The number of anilines is 1. The molecule has 1 N–H and O–H groups in total. The molecule has 0 radical (unpaired) electrons. The van der Waals surface area contributed by atoms with E-state index in [0.29, 0.717) is 11.4 Å². The summed E-state index contributed by atoms with van der Waals surface area (Å²) in [5, 5.41) is 10.9. The van der Waals surface area contributed by atoms with Gasteiger partial charge in [0.2, 0.25) is 6.04 Å². The maximum atomic E-state index is 12.5. The summed E-state index contributed by atoms with van der Waals surface area (Å²) < 4.78 is 0. The van der Waals surface area contributed by atoms with E-state index in [9.17, 15) is 9.59 Å². The van der Waals surface area contributed by atoms with E-state index in [1.54, 1.807) is 0 Å². The van der Waals surface area contributed by atoms with Gasteiger partial charge in [0, 0.05) is 5.69 Å². The van der Waals surface area contributed by atoms with E-state index in [-0.39, 0.29) is 5.78 Å². The standard InChI is InChI=1S/C20H23N3O2/c1-12-6-8-17(14(3)10-12)21-20(25)19(16(5)24)23-22-18-9-7-13(2)11-15(18)4/h6-11,19H,1-5H3,(H,21,25). The molecule has 1 unspecified atom stereocenters. The lowest BCUT2D eigenvalue weighted by atomic mass is 10.1. The highest BCUT2D eigenvalue weighted by Crippen LogP contribution is 2.21. The number of hydrogen-bond acceptors (Lipinski definition) is 4. The number of azo groups is 1. The molecule has 25 heavy (non-hydrogen) atoms. The maximum Gasteiger partial charge on any atom is 0.258 e. The number of ketones is 1. The predicted molar refractivity (Wildman–Crippen MR) is 99.4 cm³/mol. The van der Waals surface area contributed by atoms with E-state index in [1.165, 1.54) is 6.92 Å². The van der Waals surface area contributed by atoms with Gasteiger partial charge in [0.1, 0.15) is 0 Å². The van der Waals surface area contributed by atoms with E-state index in [2.05, 4.69) is 15.5 Å². The van der Waals surface area contributed by atoms with Crippen molar-refractivity contribution in [3.05, 3.63) is 58.7 Å². The summed E-state index contributed by atoms with van der Waals surface area (Å²) in [6.07, 6.45) is 0. The molecule has 0 aliphatic rings. The van der Waals surface area contributed by atoms with Crippen LogP contribution in [0.5, 0.6) is 0 Å². The van der Waals surface area contributed by atoms with Crippen LogP contribution in [0.25, 0.3) is 0 Å². The largest absolute Gasteiger partial charge is 0.324 e. The van der Waals surface area contributed by atoms with Gasteiger partial charge in [-0.15, -0.1) is 0 Å².